The molecule has 3 nitrogen and oxygen atoms in total. The van der Waals surface area contributed by atoms with Crippen molar-refractivity contribution in [2.75, 3.05) is 0 Å². The molecule has 1 aliphatic heterocycles. The first kappa shape index (κ1) is 20.8. The highest BCUT2D eigenvalue weighted by Gasteiger charge is 2.36. The van der Waals surface area contributed by atoms with Gasteiger partial charge in [0.05, 0.1) is 16.7 Å². The molecule has 3 heterocycles. The Labute approximate surface area is 210 Å². The predicted octanol–water partition coefficient (Wildman–Crippen LogP) is 8.06. The van der Waals surface area contributed by atoms with Crippen molar-refractivity contribution >= 4 is 11.0 Å². The number of pyridine rings is 1. The maximum atomic E-state index is 5.04. The van der Waals surface area contributed by atoms with E-state index >= 15 is 0 Å². The van der Waals surface area contributed by atoms with E-state index in [-0.39, 0.29) is 5.41 Å². The SMILES string of the molecule is CC1(C)c2cc(-c3ccc(-c4ccccc4)cc3)ccc2-n2c(-c3ccccn3)nc3cccc1c32. The number of hydrogen-bond donors (Lipinski definition) is 0. The molecule has 0 fully saturated rings. The van der Waals surface area contributed by atoms with E-state index in [1.165, 1.54) is 44.6 Å². The molecule has 0 saturated carbocycles. The summed E-state index contributed by atoms with van der Waals surface area (Å²) in [6, 6.07) is 38.7. The Balaban J connectivity index is 1.41. The van der Waals surface area contributed by atoms with E-state index in [9.17, 15) is 0 Å². The van der Waals surface area contributed by atoms with E-state index in [2.05, 4.69) is 114 Å². The fourth-order valence-corrected chi connectivity index (χ4v) is 5.57. The van der Waals surface area contributed by atoms with Crippen LogP contribution < -0.4 is 0 Å². The summed E-state index contributed by atoms with van der Waals surface area (Å²) in [6.07, 6.45) is 1.83. The van der Waals surface area contributed by atoms with Crippen LogP contribution in [0.3, 0.4) is 0 Å². The monoisotopic (exact) mass is 463 g/mol. The van der Waals surface area contributed by atoms with Crippen LogP contribution >= 0.6 is 0 Å². The first-order valence-corrected chi connectivity index (χ1v) is 12.4. The molecule has 4 aromatic carbocycles. The smallest absolute Gasteiger partial charge is 0.164 e. The van der Waals surface area contributed by atoms with Gasteiger partial charge in [0, 0.05) is 11.6 Å². The Bertz CT molecular complexity index is 1730. The van der Waals surface area contributed by atoms with Gasteiger partial charge in [-0.2, -0.15) is 0 Å². The van der Waals surface area contributed by atoms with Crippen LogP contribution in [0.1, 0.15) is 25.0 Å². The first-order chi connectivity index (χ1) is 17.6. The van der Waals surface area contributed by atoms with Gasteiger partial charge in [-0.15, -0.1) is 0 Å². The third kappa shape index (κ3) is 3.06. The maximum Gasteiger partial charge on any atom is 0.164 e. The molecule has 0 unspecified atom stereocenters. The number of imidazole rings is 1. The van der Waals surface area contributed by atoms with Crippen molar-refractivity contribution in [1.29, 1.82) is 0 Å². The van der Waals surface area contributed by atoms with Gasteiger partial charge in [-0.05, 0) is 63.7 Å². The van der Waals surface area contributed by atoms with Crippen LogP contribution in [0, 0.1) is 0 Å². The van der Waals surface area contributed by atoms with Crippen LogP contribution in [0.4, 0.5) is 0 Å². The predicted molar refractivity (Wildman–Crippen MR) is 147 cm³/mol. The standard InChI is InChI=1S/C33H25N3/c1-33(2)26-11-8-13-28-31(26)36(32(35-28)29-12-6-7-20-34-29)30-19-18-25(21-27(30)33)24-16-14-23(15-17-24)22-9-4-3-5-10-22/h3-21H,1-2H3. The lowest BCUT2D eigenvalue weighted by Crippen LogP contribution is -2.26. The van der Waals surface area contributed by atoms with Gasteiger partial charge >= 0.3 is 0 Å². The van der Waals surface area contributed by atoms with E-state index in [0.29, 0.717) is 0 Å². The molecule has 0 bridgehead atoms. The molecule has 6 aromatic rings. The highest BCUT2D eigenvalue weighted by Crippen LogP contribution is 2.46. The number of hydrogen-bond acceptors (Lipinski definition) is 2. The molecule has 0 N–H and O–H groups in total. The van der Waals surface area contributed by atoms with Crippen LogP contribution in [-0.4, -0.2) is 14.5 Å². The molecule has 36 heavy (non-hydrogen) atoms. The Hall–Kier alpha value is -4.50. The average Bonchev–Trinajstić information content (AvgIpc) is 3.33. The van der Waals surface area contributed by atoms with Crippen molar-refractivity contribution in [3.8, 4) is 39.5 Å². The van der Waals surface area contributed by atoms with Crippen molar-refractivity contribution in [2.45, 2.75) is 19.3 Å². The minimum absolute atomic E-state index is 0.160. The Morgan fingerprint density at radius 3 is 2.06 bits per heavy atom. The first-order valence-electron chi connectivity index (χ1n) is 12.4. The van der Waals surface area contributed by atoms with E-state index in [0.717, 1.165) is 17.0 Å². The minimum atomic E-state index is -0.160. The van der Waals surface area contributed by atoms with Gasteiger partial charge in [-0.1, -0.05) is 92.7 Å². The average molecular weight is 464 g/mol. The summed E-state index contributed by atoms with van der Waals surface area (Å²) in [6.45, 7) is 4.64. The van der Waals surface area contributed by atoms with Crippen LogP contribution in [0.2, 0.25) is 0 Å². The van der Waals surface area contributed by atoms with Gasteiger partial charge in [0.2, 0.25) is 0 Å². The van der Waals surface area contributed by atoms with E-state index in [1.54, 1.807) is 0 Å². The fraction of sp³-hybridized carbons (Fsp3) is 0.0909. The second kappa shape index (κ2) is 7.76. The number of nitrogens with zero attached hydrogens (tertiary/aromatic N) is 3. The highest BCUT2D eigenvalue weighted by atomic mass is 15.1. The van der Waals surface area contributed by atoms with Crippen LogP contribution in [0.15, 0.2) is 115 Å². The lowest BCUT2D eigenvalue weighted by molar-refractivity contribution is 0.629. The summed E-state index contributed by atoms with van der Waals surface area (Å²) >= 11 is 0. The summed E-state index contributed by atoms with van der Waals surface area (Å²) in [4.78, 5) is 9.67. The lowest BCUT2D eigenvalue weighted by Gasteiger charge is -2.35. The molecular weight excluding hydrogens is 438 g/mol. The molecule has 0 atom stereocenters. The zero-order chi connectivity index (χ0) is 24.3. The van der Waals surface area contributed by atoms with Crippen molar-refractivity contribution in [3.63, 3.8) is 0 Å². The minimum Gasteiger partial charge on any atom is -0.290 e. The summed E-state index contributed by atoms with van der Waals surface area (Å²) in [7, 11) is 0. The lowest BCUT2D eigenvalue weighted by atomic mass is 9.74. The van der Waals surface area contributed by atoms with Crippen molar-refractivity contribution in [2.24, 2.45) is 0 Å². The Kier molecular flexibility index (Phi) is 4.49. The van der Waals surface area contributed by atoms with Gasteiger partial charge in [0.25, 0.3) is 0 Å². The second-order valence-corrected chi connectivity index (χ2v) is 9.96. The Morgan fingerprint density at radius 1 is 0.611 bits per heavy atom. The van der Waals surface area contributed by atoms with Crippen LogP contribution in [0.5, 0.6) is 0 Å². The molecular formula is C33H25N3. The van der Waals surface area contributed by atoms with Gasteiger partial charge in [-0.3, -0.25) is 9.55 Å². The summed E-state index contributed by atoms with van der Waals surface area (Å²) in [5.41, 5.74) is 11.6. The third-order valence-corrected chi connectivity index (χ3v) is 7.48. The summed E-state index contributed by atoms with van der Waals surface area (Å²) in [5.74, 6) is 0.884. The van der Waals surface area contributed by atoms with Gasteiger partial charge < -0.3 is 0 Å². The van der Waals surface area contributed by atoms with E-state index in [1.807, 2.05) is 24.4 Å². The van der Waals surface area contributed by atoms with E-state index in [4.69, 9.17) is 4.98 Å². The highest BCUT2D eigenvalue weighted by molar-refractivity contribution is 5.90. The number of para-hydroxylation sites is 1. The van der Waals surface area contributed by atoms with Crippen molar-refractivity contribution in [3.05, 3.63) is 127 Å². The topological polar surface area (TPSA) is 30.7 Å². The van der Waals surface area contributed by atoms with Crippen molar-refractivity contribution < 1.29 is 0 Å². The quantitative estimate of drug-likeness (QED) is 0.266. The molecule has 0 aliphatic carbocycles. The molecule has 172 valence electrons. The number of aromatic nitrogens is 3. The van der Waals surface area contributed by atoms with Gasteiger partial charge in [0.15, 0.2) is 5.82 Å². The molecule has 0 amide bonds. The third-order valence-electron chi connectivity index (χ3n) is 7.48. The molecule has 0 radical (unpaired) electrons. The number of fused-ring (bicyclic) bond motifs is 2. The van der Waals surface area contributed by atoms with Crippen LogP contribution in [-0.2, 0) is 5.41 Å². The molecule has 7 rings (SSSR count). The van der Waals surface area contributed by atoms with Crippen LogP contribution in [0.25, 0.3) is 50.5 Å². The molecule has 3 heteroatoms. The van der Waals surface area contributed by atoms with Gasteiger partial charge in [-0.25, -0.2) is 4.98 Å². The molecule has 1 aliphatic rings. The number of benzene rings is 4. The summed E-state index contributed by atoms with van der Waals surface area (Å²) in [5, 5.41) is 0. The zero-order valence-corrected chi connectivity index (χ0v) is 20.3. The van der Waals surface area contributed by atoms with E-state index < -0.39 is 0 Å². The molecule has 0 saturated heterocycles. The number of rotatable bonds is 3. The van der Waals surface area contributed by atoms with Gasteiger partial charge in [0.1, 0.15) is 5.69 Å². The second-order valence-electron chi connectivity index (χ2n) is 9.96. The van der Waals surface area contributed by atoms with Crippen molar-refractivity contribution in [1.82, 2.24) is 14.5 Å². The molecule has 0 spiro atoms. The normalized spacial score (nSPS) is 13.5. The largest absolute Gasteiger partial charge is 0.290 e. The summed E-state index contributed by atoms with van der Waals surface area (Å²) < 4.78 is 2.30. The Morgan fingerprint density at radius 2 is 1.31 bits per heavy atom. The fourth-order valence-electron chi connectivity index (χ4n) is 5.57. The molecule has 2 aromatic heterocycles. The maximum absolute atomic E-state index is 5.04. The zero-order valence-electron chi connectivity index (χ0n) is 20.3.